The third-order valence-electron chi connectivity index (χ3n) is 5.23. The highest BCUT2D eigenvalue weighted by Gasteiger charge is 2.42. The first-order valence-electron chi connectivity index (χ1n) is 9.56. The highest BCUT2D eigenvalue weighted by atomic mass is 32.1. The van der Waals surface area contributed by atoms with Crippen LogP contribution < -0.4 is 10.2 Å². The van der Waals surface area contributed by atoms with Gasteiger partial charge < -0.3 is 14.8 Å². The number of halogens is 1. The zero-order valence-electron chi connectivity index (χ0n) is 15.9. The molecule has 4 heterocycles. The first kappa shape index (κ1) is 18.4. The fraction of sp³-hybridized carbons (Fsp3) is 0.0870. The molecule has 5 rings (SSSR count). The van der Waals surface area contributed by atoms with Gasteiger partial charge in [0.2, 0.25) is 0 Å². The van der Waals surface area contributed by atoms with E-state index in [1.165, 1.54) is 12.1 Å². The van der Waals surface area contributed by atoms with Crippen LogP contribution in [0, 0.1) is 5.82 Å². The second kappa shape index (κ2) is 7.68. The molecule has 7 heteroatoms. The predicted octanol–water partition coefficient (Wildman–Crippen LogP) is 4.58. The van der Waals surface area contributed by atoms with E-state index in [1.54, 1.807) is 30.7 Å². The van der Waals surface area contributed by atoms with E-state index in [2.05, 4.69) is 25.9 Å². The predicted molar refractivity (Wildman–Crippen MR) is 118 cm³/mol. The van der Waals surface area contributed by atoms with Crippen molar-refractivity contribution in [2.75, 3.05) is 4.90 Å². The van der Waals surface area contributed by atoms with Crippen molar-refractivity contribution in [3.05, 3.63) is 109 Å². The maximum Gasteiger partial charge on any atom is 0.174 e. The van der Waals surface area contributed by atoms with Crippen LogP contribution in [0.25, 0.3) is 5.69 Å². The zero-order valence-corrected chi connectivity index (χ0v) is 16.7. The second-order valence-corrected chi connectivity index (χ2v) is 7.37. The maximum atomic E-state index is 13.6. The summed E-state index contributed by atoms with van der Waals surface area (Å²) in [5.41, 5.74) is 3.74. The van der Waals surface area contributed by atoms with Crippen molar-refractivity contribution in [2.24, 2.45) is 0 Å². The number of rotatable bonds is 4. The van der Waals surface area contributed by atoms with E-state index in [-0.39, 0.29) is 17.9 Å². The minimum absolute atomic E-state index is 0.167. The van der Waals surface area contributed by atoms with Gasteiger partial charge in [0.1, 0.15) is 11.9 Å². The molecule has 0 spiro atoms. The van der Waals surface area contributed by atoms with E-state index in [1.807, 2.05) is 47.5 Å². The van der Waals surface area contributed by atoms with Crippen molar-refractivity contribution in [1.29, 1.82) is 0 Å². The number of aromatic nitrogens is 3. The summed E-state index contributed by atoms with van der Waals surface area (Å²) in [4.78, 5) is 10.7. The van der Waals surface area contributed by atoms with Gasteiger partial charge in [-0.05, 0) is 72.9 Å². The normalized spacial score (nSPS) is 18.4. The van der Waals surface area contributed by atoms with Gasteiger partial charge in [-0.15, -0.1) is 0 Å². The Bertz CT molecular complexity index is 1160. The summed E-state index contributed by atoms with van der Waals surface area (Å²) in [5.74, 6) is -0.283. The first-order chi connectivity index (χ1) is 14.7. The van der Waals surface area contributed by atoms with Crippen molar-refractivity contribution < 1.29 is 4.39 Å². The first-order valence-corrected chi connectivity index (χ1v) is 9.97. The molecule has 1 fully saturated rings. The molecule has 148 valence electrons. The van der Waals surface area contributed by atoms with Gasteiger partial charge in [-0.3, -0.25) is 9.97 Å². The van der Waals surface area contributed by atoms with Gasteiger partial charge in [0, 0.05) is 41.9 Å². The SMILES string of the molecule is Fc1ccc(N2C(=S)N[C@@H](c3ccccn3)[C@H]2c2cccn2-c2ccncc2)cc1. The average Bonchev–Trinajstić information content (AvgIpc) is 3.40. The molecule has 0 aliphatic carbocycles. The summed E-state index contributed by atoms with van der Waals surface area (Å²) in [5, 5.41) is 4.00. The molecule has 0 amide bonds. The van der Waals surface area contributed by atoms with Crippen LogP contribution in [0.1, 0.15) is 23.5 Å². The Morgan fingerprint density at radius 3 is 2.40 bits per heavy atom. The van der Waals surface area contributed by atoms with Gasteiger partial charge in [0.25, 0.3) is 0 Å². The third kappa shape index (κ3) is 3.23. The molecule has 0 radical (unpaired) electrons. The number of hydrogen-bond donors (Lipinski definition) is 1. The van der Waals surface area contributed by atoms with E-state index in [0.29, 0.717) is 5.11 Å². The Kier molecular flexibility index (Phi) is 4.72. The van der Waals surface area contributed by atoms with E-state index in [0.717, 1.165) is 22.8 Å². The molecule has 1 saturated heterocycles. The Labute approximate surface area is 178 Å². The molecule has 1 N–H and O–H groups in total. The molecule has 1 aliphatic heterocycles. The van der Waals surface area contributed by atoms with Gasteiger partial charge >= 0.3 is 0 Å². The summed E-state index contributed by atoms with van der Waals surface area (Å²) in [7, 11) is 0. The largest absolute Gasteiger partial charge is 0.351 e. The highest BCUT2D eigenvalue weighted by molar-refractivity contribution is 7.80. The average molecular weight is 415 g/mol. The molecule has 1 aliphatic rings. The molecular formula is C23H18FN5S. The van der Waals surface area contributed by atoms with Crippen LogP contribution in [0.4, 0.5) is 10.1 Å². The molecule has 1 aromatic carbocycles. The monoisotopic (exact) mass is 415 g/mol. The quantitative estimate of drug-likeness (QED) is 0.494. The fourth-order valence-electron chi connectivity index (χ4n) is 3.91. The number of benzene rings is 1. The molecule has 4 aromatic rings. The Morgan fingerprint density at radius 1 is 0.867 bits per heavy atom. The van der Waals surface area contributed by atoms with E-state index < -0.39 is 0 Å². The minimum Gasteiger partial charge on any atom is -0.351 e. The molecular weight excluding hydrogens is 397 g/mol. The van der Waals surface area contributed by atoms with Crippen LogP contribution in [0.15, 0.2) is 91.5 Å². The molecule has 0 saturated carbocycles. The van der Waals surface area contributed by atoms with E-state index in [9.17, 15) is 4.39 Å². The molecule has 5 nitrogen and oxygen atoms in total. The van der Waals surface area contributed by atoms with E-state index >= 15 is 0 Å². The zero-order chi connectivity index (χ0) is 20.5. The molecule has 2 atom stereocenters. The van der Waals surface area contributed by atoms with Crippen LogP contribution in [-0.2, 0) is 0 Å². The van der Waals surface area contributed by atoms with Crippen molar-refractivity contribution in [3.8, 4) is 5.69 Å². The Hall–Kier alpha value is -3.58. The van der Waals surface area contributed by atoms with Gasteiger partial charge in [-0.25, -0.2) is 4.39 Å². The maximum absolute atomic E-state index is 13.6. The lowest BCUT2D eigenvalue weighted by atomic mass is 10.0. The lowest BCUT2D eigenvalue weighted by molar-refractivity contribution is 0.549. The fourth-order valence-corrected chi connectivity index (χ4v) is 4.26. The Balaban J connectivity index is 1.67. The van der Waals surface area contributed by atoms with Crippen molar-refractivity contribution in [1.82, 2.24) is 19.9 Å². The number of thiocarbonyl (C=S) groups is 1. The van der Waals surface area contributed by atoms with Gasteiger partial charge in [0.05, 0.1) is 11.7 Å². The molecule has 0 bridgehead atoms. The highest BCUT2D eigenvalue weighted by Crippen LogP contribution is 2.42. The van der Waals surface area contributed by atoms with Crippen molar-refractivity contribution in [2.45, 2.75) is 12.1 Å². The number of nitrogens with one attached hydrogen (secondary N) is 1. The number of hydrogen-bond acceptors (Lipinski definition) is 3. The van der Waals surface area contributed by atoms with Crippen molar-refractivity contribution >= 4 is 23.0 Å². The van der Waals surface area contributed by atoms with Gasteiger partial charge in [0.15, 0.2) is 5.11 Å². The molecule has 3 aromatic heterocycles. The molecule has 0 unspecified atom stereocenters. The van der Waals surface area contributed by atoms with Crippen molar-refractivity contribution in [3.63, 3.8) is 0 Å². The van der Waals surface area contributed by atoms with Gasteiger partial charge in [-0.1, -0.05) is 6.07 Å². The van der Waals surface area contributed by atoms with Crippen LogP contribution in [0.3, 0.4) is 0 Å². The summed E-state index contributed by atoms with van der Waals surface area (Å²) >= 11 is 5.72. The van der Waals surface area contributed by atoms with Gasteiger partial charge in [-0.2, -0.15) is 0 Å². The van der Waals surface area contributed by atoms with Crippen LogP contribution in [0.2, 0.25) is 0 Å². The number of pyridine rings is 2. The Morgan fingerprint density at radius 2 is 1.67 bits per heavy atom. The van der Waals surface area contributed by atoms with Crippen LogP contribution in [0.5, 0.6) is 0 Å². The standard InChI is InChI=1S/C23H18FN5S/c24-16-6-8-18(9-7-16)29-22(21(27-23(29)30)19-4-1-2-12-26-19)20-5-3-15-28(20)17-10-13-25-14-11-17/h1-15,21-22H,(H,27,30)/t21-,22+/m0/s1. The topological polar surface area (TPSA) is 46.0 Å². The smallest absolute Gasteiger partial charge is 0.174 e. The van der Waals surface area contributed by atoms with Crippen LogP contribution >= 0.6 is 12.2 Å². The van der Waals surface area contributed by atoms with E-state index in [4.69, 9.17) is 12.2 Å². The summed E-state index contributed by atoms with van der Waals surface area (Å²) in [6.45, 7) is 0. The minimum atomic E-state index is -0.283. The summed E-state index contributed by atoms with van der Waals surface area (Å²) < 4.78 is 15.7. The molecule has 30 heavy (non-hydrogen) atoms. The summed E-state index contributed by atoms with van der Waals surface area (Å²) in [6, 6.07) is 19.9. The third-order valence-corrected chi connectivity index (χ3v) is 5.54. The number of nitrogens with zero attached hydrogens (tertiary/aromatic N) is 4. The summed E-state index contributed by atoms with van der Waals surface area (Å²) in [6.07, 6.45) is 7.33. The number of anilines is 1. The lowest BCUT2D eigenvalue weighted by Crippen LogP contribution is -2.30. The lowest BCUT2D eigenvalue weighted by Gasteiger charge is -2.29. The van der Waals surface area contributed by atoms with Crippen LogP contribution in [-0.4, -0.2) is 19.6 Å². The second-order valence-electron chi connectivity index (χ2n) is 6.98.